The zero-order valence-corrected chi connectivity index (χ0v) is 17.2. The lowest BCUT2D eigenvalue weighted by Gasteiger charge is -2.09. The van der Waals surface area contributed by atoms with Crippen molar-refractivity contribution in [2.45, 2.75) is 20.4 Å². The number of hydrogen-bond donors (Lipinski definition) is 2. The molecule has 1 aromatic heterocycles. The van der Waals surface area contributed by atoms with E-state index in [9.17, 15) is 14.0 Å². The molecule has 0 spiro atoms. The number of carbonyl (C=O) groups excluding carboxylic acids is 2. The normalized spacial score (nSPS) is 10.5. The quantitative estimate of drug-likeness (QED) is 0.588. The van der Waals surface area contributed by atoms with Gasteiger partial charge in [0.25, 0.3) is 11.8 Å². The Morgan fingerprint density at radius 1 is 1.13 bits per heavy atom. The van der Waals surface area contributed by atoms with Crippen LogP contribution in [0.4, 0.5) is 4.39 Å². The SMILES string of the molecule is Cc1cccc(OCC(=O)NNC(=O)c2c(C)nn(Cc3ccc(F)cc3)c2Cl)c1. The molecule has 0 atom stereocenters. The summed E-state index contributed by atoms with van der Waals surface area (Å²) in [6, 6.07) is 13.1. The summed E-state index contributed by atoms with van der Waals surface area (Å²) in [7, 11) is 0. The number of hydrazine groups is 1. The van der Waals surface area contributed by atoms with Gasteiger partial charge in [-0.3, -0.25) is 20.4 Å². The Morgan fingerprint density at radius 3 is 2.57 bits per heavy atom. The average molecular weight is 431 g/mol. The van der Waals surface area contributed by atoms with E-state index < -0.39 is 11.8 Å². The summed E-state index contributed by atoms with van der Waals surface area (Å²) in [5.74, 6) is -0.926. The zero-order valence-electron chi connectivity index (χ0n) is 16.4. The van der Waals surface area contributed by atoms with E-state index in [1.165, 1.54) is 16.8 Å². The van der Waals surface area contributed by atoms with Crippen LogP contribution in [0.1, 0.15) is 27.2 Å². The lowest BCUT2D eigenvalue weighted by atomic mass is 10.2. The molecule has 0 radical (unpaired) electrons. The Morgan fingerprint density at radius 2 is 1.87 bits per heavy atom. The molecule has 0 fully saturated rings. The third-order valence-corrected chi connectivity index (χ3v) is 4.60. The predicted octanol–water partition coefficient (Wildman–Crippen LogP) is 3.18. The molecular weight excluding hydrogens is 411 g/mol. The van der Waals surface area contributed by atoms with Gasteiger partial charge < -0.3 is 4.74 Å². The summed E-state index contributed by atoms with van der Waals surface area (Å²) in [5.41, 5.74) is 6.90. The molecule has 156 valence electrons. The van der Waals surface area contributed by atoms with Crippen molar-refractivity contribution in [2.24, 2.45) is 0 Å². The van der Waals surface area contributed by atoms with Gasteiger partial charge in [-0.05, 0) is 49.2 Å². The average Bonchev–Trinajstić information content (AvgIpc) is 2.99. The van der Waals surface area contributed by atoms with E-state index in [1.807, 2.05) is 19.1 Å². The number of halogens is 2. The van der Waals surface area contributed by atoms with E-state index in [1.54, 1.807) is 31.2 Å². The smallest absolute Gasteiger partial charge is 0.276 e. The number of benzene rings is 2. The molecule has 0 saturated heterocycles. The number of rotatable bonds is 6. The maximum atomic E-state index is 13.1. The lowest BCUT2D eigenvalue weighted by Crippen LogP contribution is -2.44. The van der Waals surface area contributed by atoms with Crippen LogP contribution in [-0.2, 0) is 11.3 Å². The van der Waals surface area contributed by atoms with Crippen LogP contribution < -0.4 is 15.6 Å². The number of amides is 2. The van der Waals surface area contributed by atoms with E-state index in [0.29, 0.717) is 11.4 Å². The van der Waals surface area contributed by atoms with Crippen LogP contribution in [0.15, 0.2) is 48.5 Å². The molecular formula is C21H20ClFN4O3. The Labute approximate surface area is 177 Å². The van der Waals surface area contributed by atoms with E-state index in [-0.39, 0.29) is 29.7 Å². The van der Waals surface area contributed by atoms with Crippen molar-refractivity contribution in [2.75, 3.05) is 6.61 Å². The highest BCUT2D eigenvalue weighted by Crippen LogP contribution is 2.21. The number of aromatic nitrogens is 2. The van der Waals surface area contributed by atoms with Gasteiger partial charge >= 0.3 is 0 Å². The number of ether oxygens (including phenoxy) is 1. The van der Waals surface area contributed by atoms with Gasteiger partial charge in [0.1, 0.15) is 22.3 Å². The molecule has 0 unspecified atom stereocenters. The fourth-order valence-corrected chi connectivity index (χ4v) is 3.08. The third kappa shape index (κ3) is 5.36. The first-order valence-electron chi connectivity index (χ1n) is 9.09. The van der Waals surface area contributed by atoms with Gasteiger partial charge in [0.2, 0.25) is 0 Å². The number of carbonyl (C=O) groups is 2. The van der Waals surface area contributed by atoms with Crippen LogP contribution in [0.25, 0.3) is 0 Å². The first-order valence-corrected chi connectivity index (χ1v) is 9.47. The van der Waals surface area contributed by atoms with E-state index in [2.05, 4.69) is 16.0 Å². The van der Waals surface area contributed by atoms with Crippen LogP contribution in [0.3, 0.4) is 0 Å². The van der Waals surface area contributed by atoms with Crippen molar-refractivity contribution in [1.29, 1.82) is 0 Å². The second-order valence-electron chi connectivity index (χ2n) is 6.64. The molecule has 0 aliphatic rings. The minimum atomic E-state index is -0.605. The topological polar surface area (TPSA) is 85.2 Å². The van der Waals surface area contributed by atoms with Gasteiger partial charge in [0.05, 0.1) is 12.2 Å². The van der Waals surface area contributed by atoms with Crippen molar-refractivity contribution in [3.63, 3.8) is 0 Å². The summed E-state index contributed by atoms with van der Waals surface area (Å²) in [4.78, 5) is 24.4. The van der Waals surface area contributed by atoms with Crippen molar-refractivity contribution in [1.82, 2.24) is 20.6 Å². The molecule has 0 bridgehead atoms. The Hall–Kier alpha value is -3.39. The molecule has 1 heterocycles. The van der Waals surface area contributed by atoms with E-state index >= 15 is 0 Å². The van der Waals surface area contributed by atoms with Gasteiger partial charge in [-0.25, -0.2) is 9.07 Å². The van der Waals surface area contributed by atoms with Gasteiger partial charge in [-0.15, -0.1) is 0 Å². The number of hydrogen-bond acceptors (Lipinski definition) is 4. The Balaban J connectivity index is 1.57. The van der Waals surface area contributed by atoms with E-state index in [0.717, 1.165) is 11.1 Å². The molecule has 9 heteroatoms. The van der Waals surface area contributed by atoms with Crippen molar-refractivity contribution in [3.05, 3.63) is 81.9 Å². The summed E-state index contributed by atoms with van der Waals surface area (Å²) < 4.78 is 19.9. The van der Waals surface area contributed by atoms with Gasteiger partial charge in [0, 0.05) is 0 Å². The highest BCUT2D eigenvalue weighted by Gasteiger charge is 2.21. The second kappa shape index (κ2) is 9.41. The first-order chi connectivity index (χ1) is 14.3. The van der Waals surface area contributed by atoms with Crippen LogP contribution in [0.2, 0.25) is 5.15 Å². The zero-order chi connectivity index (χ0) is 21.7. The van der Waals surface area contributed by atoms with Crippen LogP contribution in [0, 0.1) is 19.7 Å². The van der Waals surface area contributed by atoms with Gasteiger partial charge in [-0.1, -0.05) is 35.9 Å². The monoisotopic (exact) mass is 430 g/mol. The fourth-order valence-electron chi connectivity index (χ4n) is 2.76. The molecule has 2 N–H and O–H groups in total. The summed E-state index contributed by atoms with van der Waals surface area (Å²) in [6.07, 6.45) is 0. The third-order valence-electron chi connectivity index (χ3n) is 4.21. The number of nitrogens with zero attached hydrogens (tertiary/aromatic N) is 2. The minimum Gasteiger partial charge on any atom is -0.484 e. The molecule has 30 heavy (non-hydrogen) atoms. The van der Waals surface area contributed by atoms with Crippen molar-refractivity contribution >= 4 is 23.4 Å². The minimum absolute atomic E-state index is 0.111. The molecule has 2 aromatic carbocycles. The molecule has 0 aliphatic heterocycles. The van der Waals surface area contributed by atoms with Crippen LogP contribution in [-0.4, -0.2) is 28.2 Å². The molecule has 2 amide bonds. The standard InChI is InChI=1S/C21H20ClFN4O3/c1-13-4-3-5-17(10-13)30-12-18(28)24-25-21(29)19-14(2)26-27(20(19)22)11-15-6-8-16(23)9-7-15/h3-10H,11-12H2,1-2H3,(H,24,28)(H,25,29). The second-order valence-corrected chi connectivity index (χ2v) is 7.00. The maximum Gasteiger partial charge on any atom is 0.276 e. The molecule has 0 aliphatic carbocycles. The largest absolute Gasteiger partial charge is 0.484 e. The summed E-state index contributed by atoms with van der Waals surface area (Å²) in [6.45, 7) is 3.55. The van der Waals surface area contributed by atoms with E-state index in [4.69, 9.17) is 16.3 Å². The lowest BCUT2D eigenvalue weighted by molar-refractivity contribution is -0.123. The Bertz CT molecular complexity index is 1070. The maximum absolute atomic E-state index is 13.1. The number of nitrogens with one attached hydrogen (secondary N) is 2. The van der Waals surface area contributed by atoms with Crippen molar-refractivity contribution in [3.8, 4) is 5.75 Å². The first kappa shape index (κ1) is 21.3. The van der Waals surface area contributed by atoms with Crippen LogP contribution >= 0.6 is 11.6 Å². The predicted molar refractivity (Wildman–Crippen MR) is 110 cm³/mol. The molecule has 3 rings (SSSR count). The highest BCUT2D eigenvalue weighted by molar-refractivity contribution is 6.33. The van der Waals surface area contributed by atoms with Crippen molar-refractivity contribution < 1.29 is 18.7 Å². The van der Waals surface area contributed by atoms with Gasteiger partial charge in [-0.2, -0.15) is 5.10 Å². The molecule has 7 nitrogen and oxygen atoms in total. The highest BCUT2D eigenvalue weighted by atomic mass is 35.5. The summed E-state index contributed by atoms with van der Waals surface area (Å²) >= 11 is 6.31. The fraction of sp³-hybridized carbons (Fsp3) is 0.190. The molecule has 0 saturated carbocycles. The Kier molecular flexibility index (Phi) is 6.68. The molecule has 3 aromatic rings. The number of aryl methyl sites for hydroxylation is 2. The summed E-state index contributed by atoms with van der Waals surface area (Å²) in [5, 5.41) is 4.36. The van der Waals surface area contributed by atoms with Crippen LogP contribution in [0.5, 0.6) is 5.75 Å². The van der Waals surface area contributed by atoms with Gasteiger partial charge in [0.15, 0.2) is 6.61 Å².